The average Bonchev–Trinajstić information content (AvgIpc) is 2.91. The lowest BCUT2D eigenvalue weighted by atomic mass is 9.81. The number of allylic oxidation sites excluding steroid dienone is 2. The molecule has 2 aromatic carbocycles. The Kier molecular flexibility index (Phi) is 13.9. The van der Waals surface area contributed by atoms with Gasteiger partial charge in [-0.1, -0.05) is 84.0 Å². The van der Waals surface area contributed by atoms with Crippen LogP contribution >= 0.6 is 11.8 Å². The molecule has 0 bridgehead atoms. The van der Waals surface area contributed by atoms with Crippen LogP contribution in [0.25, 0.3) is 5.57 Å². The summed E-state index contributed by atoms with van der Waals surface area (Å²) in [5, 5.41) is 2.62. The van der Waals surface area contributed by atoms with Crippen molar-refractivity contribution in [2.45, 2.75) is 59.5 Å². The lowest BCUT2D eigenvalue weighted by molar-refractivity contribution is -0.138. The fourth-order valence-electron chi connectivity index (χ4n) is 4.48. The normalized spacial score (nSPS) is 11.8. The van der Waals surface area contributed by atoms with Crippen LogP contribution in [0, 0.1) is 17.8 Å². The summed E-state index contributed by atoms with van der Waals surface area (Å²) in [6.07, 6.45) is -1.09. The van der Waals surface area contributed by atoms with E-state index in [4.69, 9.17) is 14.2 Å². The largest absolute Gasteiger partial charge is 0.490 e. The van der Waals surface area contributed by atoms with E-state index < -0.39 is 18.2 Å². The molecule has 0 radical (unpaired) electrons. The third kappa shape index (κ3) is 11.1. The van der Waals surface area contributed by atoms with Crippen LogP contribution in [0.15, 0.2) is 77.2 Å². The van der Waals surface area contributed by atoms with Gasteiger partial charge in [-0.05, 0) is 60.1 Å². The quantitative estimate of drug-likeness (QED) is 0.102. The van der Waals surface area contributed by atoms with E-state index in [2.05, 4.69) is 65.6 Å². The van der Waals surface area contributed by atoms with E-state index >= 15 is 0 Å². The zero-order chi connectivity index (χ0) is 29.7. The molecule has 40 heavy (non-hydrogen) atoms. The maximum Gasteiger partial charge on any atom is 0.407 e. The number of esters is 1. The van der Waals surface area contributed by atoms with Crippen molar-refractivity contribution in [1.82, 2.24) is 5.32 Å². The van der Waals surface area contributed by atoms with Crippen molar-refractivity contribution in [2.75, 3.05) is 25.5 Å². The van der Waals surface area contributed by atoms with Crippen molar-refractivity contribution in [1.29, 1.82) is 0 Å². The molecule has 2 aromatic rings. The number of hydrogen-bond donors (Lipinski definition) is 1. The molecule has 0 saturated heterocycles. The summed E-state index contributed by atoms with van der Waals surface area (Å²) in [6.45, 7) is 19.0. The van der Waals surface area contributed by atoms with Gasteiger partial charge >= 0.3 is 12.1 Å². The molecule has 0 spiro atoms. The third-order valence-electron chi connectivity index (χ3n) is 6.14. The molecule has 1 amide bonds. The Bertz CT molecular complexity index is 1110. The zero-order valence-corrected chi connectivity index (χ0v) is 25.8. The van der Waals surface area contributed by atoms with Crippen LogP contribution in [-0.4, -0.2) is 43.7 Å². The number of thioether (sulfide) groups is 1. The highest BCUT2D eigenvalue weighted by atomic mass is 32.2. The van der Waals surface area contributed by atoms with Gasteiger partial charge in [0.05, 0.1) is 6.54 Å². The highest BCUT2D eigenvalue weighted by Gasteiger charge is 2.20. The van der Waals surface area contributed by atoms with Gasteiger partial charge in [0.15, 0.2) is 0 Å². The first kappa shape index (κ1) is 33.0. The molecule has 0 aliphatic rings. The second-order valence-corrected chi connectivity index (χ2v) is 11.8. The number of rotatable bonds is 15. The van der Waals surface area contributed by atoms with E-state index in [1.165, 1.54) is 16.7 Å². The topological polar surface area (TPSA) is 73.9 Å². The summed E-state index contributed by atoms with van der Waals surface area (Å²) in [5.74, 6) is 2.09. The molecule has 0 fully saturated rings. The molecule has 0 aliphatic heterocycles. The lowest BCUT2D eigenvalue weighted by Crippen LogP contribution is -2.35. The highest BCUT2D eigenvalue weighted by Crippen LogP contribution is 2.35. The first-order valence-electron chi connectivity index (χ1n) is 13.9. The Balaban J connectivity index is 2.06. The number of nitrogens with one attached hydrogen (secondary N) is 1. The average molecular weight is 568 g/mol. The number of carbonyl (C=O) groups excluding carboxylic acids is 2. The van der Waals surface area contributed by atoms with Crippen molar-refractivity contribution in [3.63, 3.8) is 0 Å². The van der Waals surface area contributed by atoms with E-state index in [-0.39, 0.29) is 19.8 Å². The maximum atomic E-state index is 12.5. The summed E-state index contributed by atoms with van der Waals surface area (Å²) >= 11 is 1.59. The fraction of sp³-hybridized carbons (Fsp3) is 0.455. The molecule has 1 atom stereocenters. The van der Waals surface area contributed by atoms with E-state index in [9.17, 15) is 9.59 Å². The molecule has 1 N–H and O–H groups in total. The van der Waals surface area contributed by atoms with E-state index in [1.807, 2.05) is 42.5 Å². The molecule has 0 heterocycles. The van der Waals surface area contributed by atoms with Crippen molar-refractivity contribution >= 4 is 29.4 Å². The van der Waals surface area contributed by atoms with Crippen LogP contribution in [0.4, 0.5) is 4.79 Å². The minimum Gasteiger partial charge on any atom is -0.490 e. The maximum absolute atomic E-state index is 12.5. The molecular formula is C33H45NO5S. The molecule has 218 valence electrons. The summed E-state index contributed by atoms with van der Waals surface area (Å²) in [7, 11) is 0. The van der Waals surface area contributed by atoms with Crippen LogP contribution in [0.5, 0.6) is 5.75 Å². The zero-order valence-electron chi connectivity index (χ0n) is 25.0. The summed E-state index contributed by atoms with van der Waals surface area (Å²) in [6, 6.07) is 18.1. The van der Waals surface area contributed by atoms with E-state index in [0.29, 0.717) is 34.8 Å². The lowest BCUT2D eigenvalue weighted by Gasteiger charge is -2.25. The number of hydrogen-bond acceptors (Lipinski definition) is 6. The molecule has 7 heteroatoms. The minimum atomic E-state index is -0.592. The van der Waals surface area contributed by atoms with Crippen LogP contribution in [0.2, 0.25) is 0 Å². The van der Waals surface area contributed by atoms with Gasteiger partial charge in [0.2, 0.25) is 0 Å². The van der Waals surface area contributed by atoms with Gasteiger partial charge < -0.3 is 19.5 Å². The van der Waals surface area contributed by atoms with Crippen molar-refractivity contribution in [3.05, 3.63) is 77.9 Å². The highest BCUT2D eigenvalue weighted by molar-refractivity contribution is 7.99. The summed E-state index contributed by atoms with van der Waals surface area (Å²) < 4.78 is 16.8. The number of alkyl carbamates (subject to hydrolysis) is 1. The van der Waals surface area contributed by atoms with E-state index in [1.54, 1.807) is 18.7 Å². The number of amides is 1. The van der Waals surface area contributed by atoms with Crippen LogP contribution < -0.4 is 10.1 Å². The first-order chi connectivity index (χ1) is 19.0. The predicted octanol–water partition coefficient (Wildman–Crippen LogP) is 7.79. The Hall–Kier alpha value is -3.19. The molecule has 6 nitrogen and oxygen atoms in total. The number of ether oxygens (including phenoxy) is 3. The monoisotopic (exact) mass is 567 g/mol. The van der Waals surface area contributed by atoms with Gasteiger partial charge in [-0.25, -0.2) is 9.59 Å². The van der Waals surface area contributed by atoms with Gasteiger partial charge in [0, 0.05) is 16.2 Å². The molecule has 0 saturated carbocycles. The molecule has 1 unspecified atom stereocenters. The predicted molar refractivity (Wildman–Crippen MR) is 165 cm³/mol. The van der Waals surface area contributed by atoms with Crippen molar-refractivity contribution in [3.8, 4) is 5.75 Å². The Morgan fingerprint density at radius 1 is 0.900 bits per heavy atom. The number of carbonyl (C=O) groups is 2. The van der Waals surface area contributed by atoms with E-state index in [0.717, 1.165) is 4.90 Å². The van der Waals surface area contributed by atoms with Gasteiger partial charge in [-0.15, -0.1) is 11.8 Å². The van der Waals surface area contributed by atoms with Crippen LogP contribution in [-0.2, 0) is 14.3 Å². The second kappa shape index (κ2) is 16.8. The Morgan fingerprint density at radius 3 is 2.08 bits per heavy atom. The van der Waals surface area contributed by atoms with Crippen LogP contribution in [0.3, 0.4) is 0 Å². The Labute approximate surface area is 244 Å². The number of benzene rings is 2. The minimum absolute atomic E-state index is 0.0369. The van der Waals surface area contributed by atoms with Crippen molar-refractivity contribution in [2.24, 2.45) is 17.8 Å². The molecule has 2 rings (SSSR count). The molecule has 0 aliphatic carbocycles. The van der Waals surface area contributed by atoms with Gasteiger partial charge in [0.1, 0.15) is 25.1 Å². The van der Waals surface area contributed by atoms with Gasteiger partial charge in [0.25, 0.3) is 0 Å². The smallest absolute Gasteiger partial charge is 0.407 e. The van der Waals surface area contributed by atoms with Gasteiger partial charge in [-0.3, -0.25) is 0 Å². The third-order valence-corrected chi connectivity index (χ3v) is 7.28. The molecule has 0 aromatic heterocycles. The Morgan fingerprint density at radius 2 is 1.52 bits per heavy atom. The summed E-state index contributed by atoms with van der Waals surface area (Å²) in [5.41, 5.74) is 4.39. The standard InChI is InChI=1S/C33H45NO5S/c1-22(2)30(23(3)4)31(24(5)6)26-14-16-27(17-15-26)38-20-28(21-40-29-12-10-9-11-13-29)39-33(36)34-18-19-37-32(35)25(7)8/h9-17,22-24,28H,7,18-21H2,1-6,8H3,(H,34,36). The van der Waals surface area contributed by atoms with Crippen molar-refractivity contribution < 1.29 is 23.8 Å². The fourth-order valence-corrected chi connectivity index (χ4v) is 5.37. The van der Waals surface area contributed by atoms with Gasteiger partial charge in [-0.2, -0.15) is 0 Å². The second-order valence-electron chi connectivity index (χ2n) is 10.7. The first-order valence-corrected chi connectivity index (χ1v) is 14.9. The summed E-state index contributed by atoms with van der Waals surface area (Å²) in [4.78, 5) is 25.0. The van der Waals surface area contributed by atoms with Crippen LogP contribution in [0.1, 0.15) is 54.0 Å². The molecular weight excluding hydrogens is 522 g/mol. The SMILES string of the molecule is C=C(C)C(=O)OCCNC(=O)OC(COc1ccc(C(=C(C(C)C)C(C)C)C(C)C)cc1)CSc1ccccc1.